The Hall–Kier alpha value is -3.51. The average molecular weight is 353 g/mol. The molecule has 3 nitrogen and oxygen atoms in total. The molecule has 1 N–H and O–H groups in total. The van der Waals surface area contributed by atoms with Crippen molar-refractivity contribution in [1.29, 1.82) is 0 Å². The SMILES string of the molecule is Cc1ccc(O)c(C2(C#Cc3ccccc3)C(=O)N(C)c3ccccc32)c1. The molecule has 132 valence electrons. The zero-order valence-electron chi connectivity index (χ0n) is 15.2. The van der Waals surface area contributed by atoms with Gasteiger partial charge in [-0.3, -0.25) is 4.79 Å². The van der Waals surface area contributed by atoms with E-state index in [1.165, 1.54) is 0 Å². The Morgan fingerprint density at radius 2 is 1.63 bits per heavy atom. The lowest BCUT2D eigenvalue weighted by Gasteiger charge is -2.24. The predicted molar refractivity (Wildman–Crippen MR) is 107 cm³/mol. The molecule has 0 bridgehead atoms. The van der Waals surface area contributed by atoms with E-state index in [2.05, 4.69) is 11.8 Å². The molecule has 3 aromatic rings. The van der Waals surface area contributed by atoms with Crippen LogP contribution in [0.3, 0.4) is 0 Å². The fourth-order valence-corrected chi connectivity index (χ4v) is 3.65. The molecule has 1 unspecified atom stereocenters. The minimum atomic E-state index is -1.24. The lowest BCUT2D eigenvalue weighted by atomic mass is 9.75. The number of fused-ring (bicyclic) bond motifs is 1. The number of carbonyl (C=O) groups excluding carboxylic acids is 1. The monoisotopic (exact) mass is 353 g/mol. The van der Waals surface area contributed by atoms with E-state index in [1.807, 2.05) is 73.7 Å². The normalized spacial score (nSPS) is 18.0. The number of anilines is 1. The van der Waals surface area contributed by atoms with E-state index in [1.54, 1.807) is 18.0 Å². The number of phenols is 1. The van der Waals surface area contributed by atoms with E-state index in [0.717, 1.165) is 22.4 Å². The summed E-state index contributed by atoms with van der Waals surface area (Å²) >= 11 is 0. The first kappa shape index (κ1) is 16.9. The van der Waals surface area contributed by atoms with Gasteiger partial charge < -0.3 is 10.0 Å². The molecule has 1 heterocycles. The van der Waals surface area contributed by atoms with Crippen LogP contribution in [0.2, 0.25) is 0 Å². The number of amides is 1. The molecule has 0 aliphatic carbocycles. The van der Waals surface area contributed by atoms with Crippen molar-refractivity contribution in [3.8, 4) is 17.6 Å². The van der Waals surface area contributed by atoms with Gasteiger partial charge in [0.2, 0.25) is 0 Å². The van der Waals surface area contributed by atoms with Gasteiger partial charge in [0.25, 0.3) is 5.91 Å². The number of para-hydroxylation sites is 1. The summed E-state index contributed by atoms with van der Waals surface area (Å²) in [6.07, 6.45) is 0. The van der Waals surface area contributed by atoms with Gasteiger partial charge in [0, 0.05) is 29.4 Å². The van der Waals surface area contributed by atoms with Gasteiger partial charge in [-0.25, -0.2) is 0 Å². The summed E-state index contributed by atoms with van der Waals surface area (Å²) in [6, 6.07) is 22.5. The maximum absolute atomic E-state index is 13.5. The van der Waals surface area contributed by atoms with Gasteiger partial charge in [-0.05, 0) is 37.3 Å². The van der Waals surface area contributed by atoms with Gasteiger partial charge >= 0.3 is 0 Å². The molecule has 4 rings (SSSR count). The number of phenolic OH excluding ortho intramolecular Hbond substituents is 1. The first-order valence-electron chi connectivity index (χ1n) is 8.80. The minimum Gasteiger partial charge on any atom is -0.508 e. The van der Waals surface area contributed by atoms with Crippen molar-refractivity contribution in [3.05, 3.63) is 95.1 Å². The standard InChI is InChI=1S/C24H19NO2/c1-17-12-13-22(26)20(16-17)24(15-14-18-8-4-3-5-9-18)19-10-6-7-11-21(19)25(2)23(24)27/h3-13,16,26H,1-2H3. The van der Waals surface area contributed by atoms with Crippen molar-refractivity contribution in [2.75, 3.05) is 11.9 Å². The summed E-state index contributed by atoms with van der Waals surface area (Å²) in [5.41, 5.74) is 2.67. The number of hydrogen-bond donors (Lipinski definition) is 1. The first-order valence-corrected chi connectivity index (χ1v) is 8.80. The molecule has 0 spiro atoms. The van der Waals surface area contributed by atoms with Crippen molar-refractivity contribution >= 4 is 11.6 Å². The predicted octanol–water partition coefficient (Wildman–Crippen LogP) is 4.01. The first-order chi connectivity index (χ1) is 13.0. The summed E-state index contributed by atoms with van der Waals surface area (Å²) in [5.74, 6) is 6.30. The maximum Gasteiger partial charge on any atom is 0.254 e. The molecule has 3 aromatic carbocycles. The molecule has 1 aliphatic heterocycles. The third-order valence-corrected chi connectivity index (χ3v) is 5.02. The maximum atomic E-state index is 13.5. The molecule has 1 atom stereocenters. The van der Waals surface area contributed by atoms with E-state index >= 15 is 0 Å². The number of nitrogens with zero attached hydrogens (tertiary/aromatic N) is 1. The van der Waals surface area contributed by atoms with Crippen molar-refractivity contribution < 1.29 is 9.90 Å². The Kier molecular flexibility index (Phi) is 3.97. The second-order valence-electron chi connectivity index (χ2n) is 6.77. The van der Waals surface area contributed by atoms with E-state index in [4.69, 9.17) is 0 Å². The molecule has 0 saturated carbocycles. The van der Waals surface area contributed by atoms with Crippen LogP contribution in [0.15, 0.2) is 72.8 Å². The number of likely N-dealkylation sites (N-methyl/N-ethyl adjacent to an activating group) is 1. The van der Waals surface area contributed by atoms with Crippen LogP contribution in [-0.4, -0.2) is 18.1 Å². The van der Waals surface area contributed by atoms with Gasteiger partial charge in [-0.1, -0.05) is 59.9 Å². The molecule has 3 heteroatoms. The summed E-state index contributed by atoms with van der Waals surface area (Å²) in [7, 11) is 1.75. The van der Waals surface area contributed by atoms with Gasteiger partial charge in [0.15, 0.2) is 5.41 Å². The van der Waals surface area contributed by atoms with E-state index in [0.29, 0.717) is 5.56 Å². The Bertz CT molecular complexity index is 1090. The summed E-state index contributed by atoms with van der Waals surface area (Å²) in [6.45, 7) is 1.94. The second-order valence-corrected chi connectivity index (χ2v) is 6.77. The molecule has 0 saturated heterocycles. The summed E-state index contributed by atoms with van der Waals surface area (Å²) < 4.78 is 0. The number of aromatic hydroxyl groups is 1. The van der Waals surface area contributed by atoms with Gasteiger partial charge in [0.05, 0.1) is 0 Å². The highest BCUT2D eigenvalue weighted by atomic mass is 16.3. The smallest absolute Gasteiger partial charge is 0.254 e. The van der Waals surface area contributed by atoms with Crippen LogP contribution in [-0.2, 0) is 10.2 Å². The van der Waals surface area contributed by atoms with Gasteiger partial charge in [0.1, 0.15) is 5.75 Å². The number of aryl methyl sites for hydroxylation is 1. The Balaban J connectivity index is 2.05. The van der Waals surface area contributed by atoms with E-state index in [9.17, 15) is 9.90 Å². The number of rotatable bonds is 1. The third kappa shape index (κ3) is 2.58. The quantitative estimate of drug-likeness (QED) is 0.672. The lowest BCUT2D eigenvalue weighted by molar-refractivity contribution is -0.120. The third-order valence-electron chi connectivity index (χ3n) is 5.02. The van der Waals surface area contributed by atoms with Crippen molar-refractivity contribution in [2.24, 2.45) is 0 Å². The van der Waals surface area contributed by atoms with E-state index in [-0.39, 0.29) is 11.7 Å². The van der Waals surface area contributed by atoms with E-state index < -0.39 is 5.41 Å². The average Bonchev–Trinajstić information content (AvgIpc) is 2.91. The highest BCUT2D eigenvalue weighted by Gasteiger charge is 2.51. The van der Waals surface area contributed by atoms with Gasteiger partial charge in [-0.15, -0.1) is 0 Å². The molecular weight excluding hydrogens is 334 g/mol. The summed E-state index contributed by atoms with van der Waals surface area (Å²) in [4.78, 5) is 15.1. The van der Waals surface area contributed by atoms with Crippen molar-refractivity contribution in [2.45, 2.75) is 12.3 Å². The van der Waals surface area contributed by atoms with Gasteiger partial charge in [-0.2, -0.15) is 0 Å². The number of carbonyl (C=O) groups is 1. The highest BCUT2D eigenvalue weighted by Crippen LogP contribution is 2.47. The zero-order valence-corrected chi connectivity index (χ0v) is 15.2. The highest BCUT2D eigenvalue weighted by molar-refractivity contribution is 6.13. The Morgan fingerprint density at radius 3 is 2.41 bits per heavy atom. The number of benzene rings is 3. The molecule has 0 fully saturated rings. The van der Waals surface area contributed by atoms with Crippen molar-refractivity contribution in [3.63, 3.8) is 0 Å². The Labute approximate surface area is 158 Å². The minimum absolute atomic E-state index is 0.0708. The molecule has 1 aliphatic rings. The van der Waals surface area contributed by atoms with Crippen LogP contribution in [0.5, 0.6) is 5.75 Å². The topological polar surface area (TPSA) is 40.5 Å². The van der Waals surface area contributed by atoms with Crippen LogP contribution in [0.1, 0.15) is 22.3 Å². The van der Waals surface area contributed by atoms with Crippen molar-refractivity contribution in [1.82, 2.24) is 0 Å². The molecule has 1 amide bonds. The van der Waals surface area contributed by atoms with Crippen LogP contribution in [0.25, 0.3) is 0 Å². The Morgan fingerprint density at radius 1 is 0.926 bits per heavy atom. The fraction of sp³-hybridized carbons (Fsp3) is 0.125. The van der Waals surface area contributed by atoms with Crippen LogP contribution >= 0.6 is 0 Å². The zero-order chi connectivity index (χ0) is 19.0. The fourth-order valence-electron chi connectivity index (χ4n) is 3.65. The van der Waals surface area contributed by atoms with Crippen LogP contribution in [0.4, 0.5) is 5.69 Å². The second kappa shape index (κ2) is 6.34. The van der Waals surface area contributed by atoms with Crippen LogP contribution < -0.4 is 4.90 Å². The largest absolute Gasteiger partial charge is 0.508 e. The van der Waals surface area contributed by atoms with Crippen LogP contribution in [0, 0.1) is 18.8 Å². The molecular formula is C24H19NO2. The summed E-state index contributed by atoms with van der Waals surface area (Å²) in [5, 5.41) is 10.6. The lowest BCUT2D eigenvalue weighted by Crippen LogP contribution is -2.38. The molecule has 0 radical (unpaired) electrons. The molecule has 0 aromatic heterocycles. The number of hydrogen-bond acceptors (Lipinski definition) is 2. The molecule has 27 heavy (non-hydrogen) atoms.